The molecule has 0 aliphatic heterocycles. The van der Waals surface area contributed by atoms with Gasteiger partial charge in [0.2, 0.25) is 0 Å². The Hall–Kier alpha value is -0.460. The highest BCUT2D eigenvalue weighted by molar-refractivity contribution is 4.74. The van der Waals surface area contributed by atoms with Crippen LogP contribution in [0.2, 0.25) is 0 Å². The van der Waals surface area contributed by atoms with Crippen LogP contribution in [0.3, 0.4) is 0 Å². The Kier molecular flexibility index (Phi) is 19.1. The molecule has 1 nitrogen and oxygen atoms in total. The predicted molar refractivity (Wildman–Crippen MR) is 95.4 cm³/mol. The number of rotatable bonds is 17. The van der Waals surface area contributed by atoms with Crippen molar-refractivity contribution < 1.29 is 0 Å². The monoisotopic (exact) mass is 293 g/mol. The largest absolute Gasteiger partial charge is 0.160 e. The molecule has 0 rings (SSSR count). The summed E-state index contributed by atoms with van der Waals surface area (Å²) in [6.07, 6.45) is 26.7. The second-order valence-electron chi connectivity index (χ2n) is 6.48. The van der Waals surface area contributed by atoms with E-state index in [2.05, 4.69) is 6.92 Å². The Labute approximate surface area is 134 Å². The van der Waals surface area contributed by atoms with Crippen molar-refractivity contribution in [3.63, 3.8) is 0 Å². The lowest BCUT2D eigenvalue weighted by molar-refractivity contribution is 0.530. The van der Waals surface area contributed by atoms with E-state index in [4.69, 9.17) is 5.73 Å². The van der Waals surface area contributed by atoms with E-state index in [1.54, 1.807) is 0 Å². The van der Waals surface area contributed by atoms with Gasteiger partial charge in [-0.3, -0.25) is 0 Å². The van der Waals surface area contributed by atoms with E-state index < -0.39 is 0 Å². The summed E-state index contributed by atoms with van der Waals surface area (Å²) in [5.74, 6) is 0. The number of allylic oxidation sites excluding steroid dienone is 1. The van der Waals surface area contributed by atoms with E-state index in [0.717, 1.165) is 6.42 Å². The third kappa shape index (κ3) is 19.5. The van der Waals surface area contributed by atoms with Crippen LogP contribution in [-0.4, -0.2) is 0 Å². The lowest BCUT2D eigenvalue weighted by Gasteiger charge is -2.03. The van der Waals surface area contributed by atoms with Crippen LogP contribution in [0.5, 0.6) is 0 Å². The molecule has 0 N–H and O–H groups in total. The van der Waals surface area contributed by atoms with Crippen molar-refractivity contribution in [2.24, 2.45) is 0 Å². The zero-order valence-corrected chi connectivity index (χ0v) is 14.6. The Bertz CT molecular complexity index is 198. The summed E-state index contributed by atoms with van der Waals surface area (Å²) in [7, 11) is 0. The average molecular weight is 294 g/mol. The summed E-state index contributed by atoms with van der Waals surface area (Å²) in [4.78, 5) is 0. The first-order chi connectivity index (χ1) is 10.4. The fraction of sp³-hybridized carbons (Fsp3) is 0.900. The van der Waals surface area contributed by atoms with Crippen LogP contribution in [0.15, 0.2) is 12.3 Å². The van der Waals surface area contributed by atoms with Gasteiger partial charge in [0.1, 0.15) is 0 Å². The molecule has 2 radical (unpaired) electrons. The van der Waals surface area contributed by atoms with Gasteiger partial charge in [-0.1, -0.05) is 109 Å². The minimum Gasteiger partial charge on any atom is -0.160 e. The van der Waals surface area contributed by atoms with Crippen molar-refractivity contribution in [2.45, 2.75) is 116 Å². The molecule has 0 saturated heterocycles. The third-order valence-electron chi connectivity index (χ3n) is 4.33. The molecule has 0 aliphatic carbocycles. The summed E-state index contributed by atoms with van der Waals surface area (Å²) in [5, 5.41) is 0. The number of nitrogens with zero attached hydrogens (tertiary/aromatic N) is 1. The van der Waals surface area contributed by atoms with Gasteiger partial charge in [0.15, 0.2) is 0 Å². The summed E-state index contributed by atoms with van der Waals surface area (Å²) >= 11 is 0. The Morgan fingerprint density at radius 1 is 0.524 bits per heavy atom. The van der Waals surface area contributed by atoms with Gasteiger partial charge in [0.05, 0.1) is 0 Å². The first-order valence-corrected chi connectivity index (χ1v) is 9.71. The standard InChI is InChI=1S/C20H39N/c1-2-3-4-5-6-7-8-9-10-11-12-13-14-15-16-17-18-19-20-21/h19-20H,2-18H2,1H3/b20-19+. The van der Waals surface area contributed by atoms with Crippen LogP contribution in [0.4, 0.5) is 0 Å². The Morgan fingerprint density at radius 2 is 0.857 bits per heavy atom. The van der Waals surface area contributed by atoms with Gasteiger partial charge < -0.3 is 0 Å². The molecule has 124 valence electrons. The fourth-order valence-corrected chi connectivity index (χ4v) is 2.88. The van der Waals surface area contributed by atoms with Gasteiger partial charge in [0, 0.05) is 6.20 Å². The molecule has 0 aliphatic rings. The average Bonchev–Trinajstić information content (AvgIpc) is 2.50. The number of hydrogen-bond acceptors (Lipinski definition) is 0. The highest BCUT2D eigenvalue weighted by atomic mass is 14.5. The molecule has 0 unspecified atom stereocenters. The second-order valence-corrected chi connectivity index (χ2v) is 6.48. The van der Waals surface area contributed by atoms with Gasteiger partial charge in [-0.2, -0.15) is 5.73 Å². The Morgan fingerprint density at radius 3 is 1.19 bits per heavy atom. The Balaban J connectivity index is 2.93. The molecule has 0 amide bonds. The molecule has 0 atom stereocenters. The first kappa shape index (κ1) is 20.5. The van der Waals surface area contributed by atoms with Crippen LogP contribution in [-0.2, 0) is 0 Å². The van der Waals surface area contributed by atoms with Crippen molar-refractivity contribution in [3.05, 3.63) is 12.3 Å². The van der Waals surface area contributed by atoms with Crippen LogP contribution >= 0.6 is 0 Å². The molecule has 0 saturated carbocycles. The summed E-state index contributed by atoms with van der Waals surface area (Å²) in [5.41, 5.74) is 8.51. The van der Waals surface area contributed by atoms with Crippen LogP contribution in [0.1, 0.15) is 116 Å². The predicted octanol–water partition coefficient (Wildman–Crippen LogP) is 7.22. The van der Waals surface area contributed by atoms with Gasteiger partial charge in [0.25, 0.3) is 0 Å². The maximum Gasteiger partial charge on any atom is 0.0455 e. The molecular formula is C20H39N. The third-order valence-corrected chi connectivity index (χ3v) is 4.33. The van der Waals surface area contributed by atoms with Crippen LogP contribution < -0.4 is 5.73 Å². The summed E-state index contributed by atoms with van der Waals surface area (Å²) < 4.78 is 0. The van der Waals surface area contributed by atoms with E-state index >= 15 is 0 Å². The molecular weight excluding hydrogens is 254 g/mol. The number of unbranched alkanes of at least 4 members (excludes halogenated alkanes) is 16. The minimum absolute atomic E-state index is 1.04. The van der Waals surface area contributed by atoms with Gasteiger partial charge >= 0.3 is 0 Å². The molecule has 0 aromatic carbocycles. The topological polar surface area (TPSA) is 22.3 Å². The molecule has 0 spiro atoms. The van der Waals surface area contributed by atoms with E-state index in [1.807, 2.05) is 6.08 Å². The highest BCUT2D eigenvalue weighted by Crippen LogP contribution is 2.13. The number of hydrogen-bond donors (Lipinski definition) is 0. The van der Waals surface area contributed by atoms with Crippen LogP contribution in [0.25, 0.3) is 0 Å². The summed E-state index contributed by atoms with van der Waals surface area (Å²) in [6.45, 7) is 2.29. The lowest BCUT2D eigenvalue weighted by atomic mass is 10.0. The molecule has 21 heavy (non-hydrogen) atoms. The van der Waals surface area contributed by atoms with Gasteiger partial charge in [-0.15, -0.1) is 0 Å². The van der Waals surface area contributed by atoms with Gasteiger partial charge in [-0.05, 0) is 12.8 Å². The quantitative estimate of drug-likeness (QED) is 0.253. The van der Waals surface area contributed by atoms with Crippen molar-refractivity contribution in [1.82, 2.24) is 5.73 Å². The van der Waals surface area contributed by atoms with Gasteiger partial charge in [-0.25, -0.2) is 0 Å². The van der Waals surface area contributed by atoms with Crippen molar-refractivity contribution in [1.29, 1.82) is 0 Å². The first-order valence-electron chi connectivity index (χ1n) is 9.71. The van der Waals surface area contributed by atoms with E-state index in [1.165, 1.54) is 109 Å². The van der Waals surface area contributed by atoms with Crippen molar-refractivity contribution in [2.75, 3.05) is 0 Å². The normalized spacial score (nSPS) is 11.5. The molecule has 0 heterocycles. The van der Waals surface area contributed by atoms with E-state index in [-0.39, 0.29) is 0 Å². The molecule has 0 aromatic rings. The summed E-state index contributed by atoms with van der Waals surface area (Å²) in [6, 6.07) is 0. The SMILES string of the molecule is CCCCCCCCCCCCCCCCCC/C=C/[N]. The fourth-order valence-electron chi connectivity index (χ4n) is 2.88. The van der Waals surface area contributed by atoms with E-state index in [0.29, 0.717) is 0 Å². The van der Waals surface area contributed by atoms with Crippen molar-refractivity contribution in [3.8, 4) is 0 Å². The highest BCUT2D eigenvalue weighted by Gasteiger charge is 1.94. The second kappa shape index (κ2) is 19.5. The maximum atomic E-state index is 8.51. The molecule has 0 fully saturated rings. The maximum absolute atomic E-state index is 8.51. The van der Waals surface area contributed by atoms with Crippen LogP contribution in [0, 0.1) is 0 Å². The molecule has 0 aromatic heterocycles. The lowest BCUT2D eigenvalue weighted by Crippen LogP contribution is -1.83. The smallest absolute Gasteiger partial charge is 0.0455 e. The zero-order chi connectivity index (χ0) is 15.4. The van der Waals surface area contributed by atoms with E-state index in [9.17, 15) is 0 Å². The molecule has 1 heteroatoms. The molecule has 0 bridgehead atoms. The van der Waals surface area contributed by atoms with Crippen molar-refractivity contribution >= 4 is 0 Å². The minimum atomic E-state index is 1.04. The zero-order valence-electron chi connectivity index (χ0n) is 14.6.